The Labute approximate surface area is 195 Å². The predicted molar refractivity (Wildman–Crippen MR) is 116 cm³/mol. The maximum Gasteiger partial charge on any atom is 0.409 e. The number of piperidine rings is 1. The van der Waals surface area contributed by atoms with Gasteiger partial charge in [-0.15, -0.1) is 0 Å². The van der Waals surface area contributed by atoms with E-state index in [1.807, 2.05) is 0 Å². The molecule has 4 rings (SSSR count). The van der Waals surface area contributed by atoms with Crippen molar-refractivity contribution in [1.82, 2.24) is 20.4 Å². The molecule has 6 amide bonds. The average molecular weight is 470 g/mol. The van der Waals surface area contributed by atoms with Gasteiger partial charge in [-0.1, -0.05) is 12.5 Å². The second-order valence-electron chi connectivity index (χ2n) is 8.56. The molecule has 0 aromatic heterocycles. The molecule has 2 saturated heterocycles. The summed E-state index contributed by atoms with van der Waals surface area (Å²) in [7, 11) is 0. The van der Waals surface area contributed by atoms with Crippen LogP contribution in [0.15, 0.2) is 18.2 Å². The highest BCUT2D eigenvalue weighted by molar-refractivity contribution is 6.08. The van der Waals surface area contributed by atoms with E-state index in [-0.39, 0.29) is 49.3 Å². The van der Waals surface area contributed by atoms with E-state index in [2.05, 4.69) is 10.6 Å². The molecule has 2 N–H and O–H groups in total. The number of fused-ring (bicyclic) bond motifs is 1. The van der Waals surface area contributed by atoms with Gasteiger partial charge in [0.15, 0.2) is 0 Å². The third-order valence-electron chi connectivity index (χ3n) is 6.22. The monoisotopic (exact) mass is 470 g/mol. The van der Waals surface area contributed by atoms with Crippen molar-refractivity contribution in [3.05, 3.63) is 34.9 Å². The minimum Gasteiger partial charge on any atom is -0.448 e. The third kappa shape index (κ3) is 5.08. The zero-order chi connectivity index (χ0) is 24.2. The zero-order valence-electron chi connectivity index (χ0n) is 18.6. The smallest absolute Gasteiger partial charge is 0.409 e. The lowest BCUT2D eigenvalue weighted by molar-refractivity contribution is -0.137. The number of carbonyl (C=O) groups is 6. The van der Waals surface area contributed by atoms with E-state index in [1.165, 1.54) is 17.0 Å². The molecule has 0 saturated carbocycles. The highest BCUT2D eigenvalue weighted by atomic mass is 16.6. The Bertz CT molecular complexity index is 1050. The fourth-order valence-electron chi connectivity index (χ4n) is 4.35. The number of rotatable bonds is 8. The summed E-state index contributed by atoms with van der Waals surface area (Å²) in [6.07, 6.45) is 2.33. The third-order valence-corrected chi connectivity index (χ3v) is 6.22. The van der Waals surface area contributed by atoms with E-state index in [1.54, 1.807) is 11.0 Å². The van der Waals surface area contributed by atoms with Crippen molar-refractivity contribution < 1.29 is 33.5 Å². The van der Waals surface area contributed by atoms with Gasteiger partial charge < -0.3 is 14.5 Å². The number of carbonyl (C=O) groups excluding carboxylic acids is 6. The van der Waals surface area contributed by atoms with E-state index in [9.17, 15) is 28.8 Å². The Kier molecular flexibility index (Phi) is 6.90. The topological polar surface area (TPSA) is 142 Å². The molecular formula is C23H26N4O7. The SMILES string of the molecule is O=C(CCCCCN1CCOC1=O)NC(=O)c1ccc2c(c1)C(=O)N(C1CCC(=O)NC1=O)C2. The molecule has 1 atom stereocenters. The van der Waals surface area contributed by atoms with Crippen molar-refractivity contribution in [3.63, 3.8) is 0 Å². The first-order valence-corrected chi connectivity index (χ1v) is 11.4. The highest BCUT2D eigenvalue weighted by Crippen LogP contribution is 2.28. The van der Waals surface area contributed by atoms with Gasteiger partial charge in [0.05, 0.1) is 6.54 Å². The van der Waals surface area contributed by atoms with E-state index >= 15 is 0 Å². The lowest BCUT2D eigenvalue weighted by atomic mass is 10.0. The van der Waals surface area contributed by atoms with Crippen LogP contribution in [0.3, 0.4) is 0 Å². The van der Waals surface area contributed by atoms with Crippen molar-refractivity contribution in [2.24, 2.45) is 0 Å². The van der Waals surface area contributed by atoms with Gasteiger partial charge in [0.1, 0.15) is 12.6 Å². The lowest BCUT2D eigenvalue weighted by Gasteiger charge is -2.29. The van der Waals surface area contributed by atoms with Crippen molar-refractivity contribution in [2.45, 2.75) is 51.1 Å². The van der Waals surface area contributed by atoms with Gasteiger partial charge in [-0.3, -0.25) is 34.6 Å². The number of cyclic esters (lactones) is 1. The number of nitrogens with one attached hydrogen (secondary N) is 2. The van der Waals surface area contributed by atoms with Crippen LogP contribution >= 0.6 is 0 Å². The summed E-state index contributed by atoms with van der Waals surface area (Å²) in [5.41, 5.74) is 1.17. The molecule has 2 fully saturated rings. The number of ether oxygens (including phenoxy) is 1. The van der Waals surface area contributed by atoms with Crippen LogP contribution in [0.1, 0.15) is 64.8 Å². The van der Waals surface area contributed by atoms with Crippen LogP contribution in [0, 0.1) is 0 Å². The normalized spacial score (nSPS) is 19.7. The fourth-order valence-corrected chi connectivity index (χ4v) is 4.35. The summed E-state index contributed by atoms with van der Waals surface area (Å²) < 4.78 is 4.86. The number of unbranched alkanes of at least 4 members (excludes halogenated alkanes) is 2. The maximum atomic E-state index is 12.9. The van der Waals surface area contributed by atoms with Crippen molar-refractivity contribution in [3.8, 4) is 0 Å². The number of amides is 6. The molecule has 3 aliphatic rings. The summed E-state index contributed by atoms with van der Waals surface area (Å²) >= 11 is 0. The van der Waals surface area contributed by atoms with Gasteiger partial charge in [0.2, 0.25) is 17.7 Å². The first-order valence-electron chi connectivity index (χ1n) is 11.4. The number of imide groups is 2. The first kappa shape index (κ1) is 23.4. The van der Waals surface area contributed by atoms with E-state index in [0.717, 1.165) is 12.8 Å². The molecule has 1 aromatic rings. The van der Waals surface area contributed by atoms with Crippen LogP contribution in [-0.4, -0.2) is 71.2 Å². The Morgan fingerprint density at radius 3 is 2.68 bits per heavy atom. The fraction of sp³-hybridized carbons (Fsp3) is 0.478. The summed E-state index contributed by atoms with van der Waals surface area (Å²) in [4.78, 5) is 75.5. The van der Waals surface area contributed by atoms with Gasteiger partial charge in [0.25, 0.3) is 11.8 Å². The van der Waals surface area contributed by atoms with E-state index < -0.39 is 23.8 Å². The van der Waals surface area contributed by atoms with Crippen molar-refractivity contribution in [1.29, 1.82) is 0 Å². The molecule has 11 heteroatoms. The van der Waals surface area contributed by atoms with Crippen LogP contribution in [-0.2, 0) is 25.7 Å². The predicted octanol–water partition coefficient (Wildman–Crippen LogP) is 0.717. The maximum absolute atomic E-state index is 12.9. The van der Waals surface area contributed by atoms with E-state index in [4.69, 9.17) is 4.74 Å². The van der Waals surface area contributed by atoms with Gasteiger partial charge in [-0.05, 0) is 37.0 Å². The molecule has 11 nitrogen and oxygen atoms in total. The minimum atomic E-state index is -0.729. The van der Waals surface area contributed by atoms with Crippen LogP contribution < -0.4 is 10.6 Å². The molecule has 0 aliphatic carbocycles. The van der Waals surface area contributed by atoms with E-state index in [0.29, 0.717) is 37.2 Å². The summed E-state index contributed by atoms with van der Waals surface area (Å²) in [5, 5.41) is 4.59. The molecule has 1 unspecified atom stereocenters. The summed E-state index contributed by atoms with van der Waals surface area (Å²) in [6, 6.07) is 3.88. The molecular weight excluding hydrogens is 444 g/mol. The number of benzene rings is 1. The van der Waals surface area contributed by atoms with Gasteiger partial charge >= 0.3 is 6.09 Å². The average Bonchev–Trinajstić information content (AvgIpc) is 3.36. The Morgan fingerprint density at radius 1 is 1.12 bits per heavy atom. The summed E-state index contributed by atoms with van der Waals surface area (Å²) in [6.45, 7) is 1.80. The standard InChI is InChI=1S/C23H26N4O7/c28-18(4-2-1-3-9-26-10-11-34-23(26)33)24-20(30)14-5-6-15-13-27(22(32)16(15)12-14)17-7-8-19(29)25-21(17)31/h5-6,12,17H,1-4,7-11,13H2,(H,24,28,30)(H,25,29,31). The van der Waals surface area contributed by atoms with Crippen molar-refractivity contribution >= 4 is 35.6 Å². The molecule has 34 heavy (non-hydrogen) atoms. The minimum absolute atomic E-state index is 0.164. The van der Waals surface area contributed by atoms with Gasteiger partial charge in [-0.25, -0.2) is 4.79 Å². The molecule has 3 aliphatic heterocycles. The Balaban J connectivity index is 1.26. The number of nitrogens with zero attached hydrogens (tertiary/aromatic N) is 2. The Morgan fingerprint density at radius 2 is 1.94 bits per heavy atom. The number of hydrogen-bond acceptors (Lipinski definition) is 7. The molecule has 0 spiro atoms. The van der Waals surface area contributed by atoms with Gasteiger partial charge in [-0.2, -0.15) is 0 Å². The van der Waals surface area contributed by atoms with Crippen LogP contribution in [0.4, 0.5) is 4.79 Å². The molecule has 1 aromatic carbocycles. The molecule has 3 heterocycles. The summed E-state index contributed by atoms with van der Waals surface area (Å²) in [5.74, 6) is -2.25. The second-order valence-corrected chi connectivity index (χ2v) is 8.56. The molecule has 180 valence electrons. The second kappa shape index (κ2) is 10.0. The number of hydrogen-bond donors (Lipinski definition) is 2. The largest absolute Gasteiger partial charge is 0.448 e. The lowest BCUT2D eigenvalue weighted by Crippen LogP contribution is -2.52. The van der Waals surface area contributed by atoms with Crippen LogP contribution in [0.5, 0.6) is 0 Å². The highest BCUT2D eigenvalue weighted by Gasteiger charge is 2.39. The van der Waals surface area contributed by atoms with Crippen LogP contribution in [0.25, 0.3) is 0 Å². The quantitative estimate of drug-likeness (QED) is 0.421. The zero-order valence-corrected chi connectivity index (χ0v) is 18.6. The van der Waals surface area contributed by atoms with Crippen LogP contribution in [0.2, 0.25) is 0 Å². The molecule has 0 bridgehead atoms. The van der Waals surface area contributed by atoms with Gasteiger partial charge in [0, 0.05) is 37.1 Å². The van der Waals surface area contributed by atoms with Crippen molar-refractivity contribution in [2.75, 3.05) is 19.7 Å². The Hall–Kier alpha value is -3.76. The first-order chi connectivity index (χ1) is 16.3. The molecule has 0 radical (unpaired) electrons.